The van der Waals surface area contributed by atoms with Crippen LogP contribution < -0.4 is 15.0 Å². The Morgan fingerprint density at radius 3 is 2.59 bits per heavy atom. The molecule has 0 aliphatic carbocycles. The quantitative estimate of drug-likeness (QED) is 0.778. The van der Waals surface area contributed by atoms with Gasteiger partial charge in [-0.3, -0.25) is 9.59 Å². The van der Waals surface area contributed by atoms with Crippen molar-refractivity contribution in [1.29, 1.82) is 0 Å². The summed E-state index contributed by atoms with van der Waals surface area (Å²) in [6.45, 7) is -2.81. The van der Waals surface area contributed by atoms with Crippen LogP contribution in [0.2, 0.25) is 10.0 Å². The van der Waals surface area contributed by atoms with Crippen LogP contribution in [0, 0.1) is 5.92 Å². The van der Waals surface area contributed by atoms with E-state index < -0.39 is 12.5 Å². The third-order valence-corrected chi connectivity index (χ3v) is 4.67. The van der Waals surface area contributed by atoms with Crippen LogP contribution in [0.1, 0.15) is 6.42 Å². The molecular formula is C18H14Cl2F2N2O3. The average molecular weight is 415 g/mol. The van der Waals surface area contributed by atoms with Gasteiger partial charge in [0, 0.05) is 18.7 Å². The lowest BCUT2D eigenvalue weighted by Crippen LogP contribution is -2.28. The van der Waals surface area contributed by atoms with Crippen molar-refractivity contribution in [2.24, 2.45) is 5.92 Å². The van der Waals surface area contributed by atoms with E-state index >= 15 is 0 Å². The SMILES string of the molecule is O=C(Nc1ccc(OC(F)F)c(Cl)c1)C1CC(=O)N(c2ccccc2Cl)C1. The molecule has 0 saturated carbocycles. The Labute approximate surface area is 163 Å². The molecule has 0 radical (unpaired) electrons. The minimum absolute atomic E-state index is 0.0391. The van der Waals surface area contributed by atoms with Crippen molar-refractivity contribution >= 4 is 46.4 Å². The third kappa shape index (κ3) is 4.48. The highest BCUT2D eigenvalue weighted by Gasteiger charge is 2.35. The van der Waals surface area contributed by atoms with Gasteiger partial charge in [0.1, 0.15) is 5.75 Å². The summed E-state index contributed by atoms with van der Waals surface area (Å²) in [6, 6.07) is 10.8. The van der Waals surface area contributed by atoms with Crippen molar-refractivity contribution in [3.05, 3.63) is 52.5 Å². The molecule has 3 rings (SSSR count). The van der Waals surface area contributed by atoms with Gasteiger partial charge in [-0.25, -0.2) is 0 Å². The number of carbonyl (C=O) groups excluding carboxylic acids is 2. The van der Waals surface area contributed by atoms with Crippen molar-refractivity contribution in [2.75, 3.05) is 16.8 Å². The molecule has 2 aromatic carbocycles. The van der Waals surface area contributed by atoms with Gasteiger partial charge in [0.05, 0.1) is 21.7 Å². The van der Waals surface area contributed by atoms with Crippen LogP contribution in [-0.4, -0.2) is 25.0 Å². The largest absolute Gasteiger partial charge is 0.433 e. The van der Waals surface area contributed by atoms with Gasteiger partial charge in [-0.05, 0) is 30.3 Å². The first-order valence-corrected chi connectivity index (χ1v) is 8.71. The predicted octanol–water partition coefficient (Wildman–Crippen LogP) is 4.59. The summed E-state index contributed by atoms with van der Waals surface area (Å²) in [6.07, 6.45) is 0.0391. The summed E-state index contributed by atoms with van der Waals surface area (Å²) >= 11 is 12.0. The van der Waals surface area contributed by atoms with Crippen LogP contribution in [0.15, 0.2) is 42.5 Å². The number of nitrogens with one attached hydrogen (secondary N) is 1. The second-order valence-electron chi connectivity index (χ2n) is 5.87. The van der Waals surface area contributed by atoms with Crippen molar-refractivity contribution in [1.82, 2.24) is 0 Å². The van der Waals surface area contributed by atoms with E-state index in [2.05, 4.69) is 10.1 Å². The molecule has 0 bridgehead atoms. The van der Waals surface area contributed by atoms with E-state index in [-0.39, 0.29) is 35.6 Å². The second kappa shape index (κ2) is 8.10. The van der Waals surface area contributed by atoms with Gasteiger partial charge < -0.3 is 15.0 Å². The molecule has 2 aromatic rings. The summed E-state index contributed by atoms with van der Waals surface area (Å²) in [5.41, 5.74) is 0.867. The lowest BCUT2D eigenvalue weighted by Gasteiger charge is -2.18. The molecule has 1 atom stereocenters. The van der Waals surface area contributed by atoms with Crippen LogP contribution >= 0.6 is 23.2 Å². The summed E-state index contributed by atoms with van der Waals surface area (Å²) in [5.74, 6) is -1.35. The van der Waals surface area contributed by atoms with Crippen molar-refractivity contribution in [3.8, 4) is 5.75 Å². The minimum atomic E-state index is -3.00. The fraction of sp³-hybridized carbons (Fsp3) is 0.222. The van der Waals surface area contributed by atoms with Crippen LogP contribution in [0.4, 0.5) is 20.2 Å². The molecule has 27 heavy (non-hydrogen) atoms. The molecule has 1 fully saturated rings. The zero-order chi connectivity index (χ0) is 19.6. The Bertz CT molecular complexity index is 879. The molecule has 0 spiro atoms. The molecule has 5 nitrogen and oxygen atoms in total. The Morgan fingerprint density at radius 2 is 1.93 bits per heavy atom. The van der Waals surface area contributed by atoms with E-state index in [0.717, 1.165) is 0 Å². The Balaban J connectivity index is 1.68. The number of halogens is 4. The van der Waals surface area contributed by atoms with Crippen molar-refractivity contribution in [2.45, 2.75) is 13.0 Å². The maximum Gasteiger partial charge on any atom is 0.387 e. The van der Waals surface area contributed by atoms with Gasteiger partial charge in [0.15, 0.2) is 0 Å². The lowest BCUT2D eigenvalue weighted by molar-refractivity contribution is -0.122. The Morgan fingerprint density at radius 1 is 1.19 bits per heavy atom. The number of alkyl halides is 2. The second-order valence-corrected chi connectivity index (χ2v) is 6.68. The first-order valence-electron chi connectivity index (χ1n) is 7.95. The van der Waals surface area contributed by atoms with Gasteiger partial charge >= 0.3 is 6.61 Å². The first kappa shape index (κ1) is 19.4. The molecule has 1 unspecified atom stereocenters. The summed E-state index contributed by atoms with van der Waals surface area (Å²) in [5, 5.41) is 3.00. The molecule has 1 aliphatic rings. The van der Waals surface area contributed by atoms with Crippen LogP contribution in [0.5, 0.6) is 5.75 Å². The molecule has 142 valence electrons. The number of rotatable bonds is 5. The number of para-hydroxylation sites is 1. The molecule has 1 heterocycles. The van der Waals surface area contributed by atoms with Crippen molar-refractivity contribution < 1.29 is 23.1 Å². The monoisotopic (exact) mass is 414 g/mol. The minimum Gasteiger partial charge on any atom is -0.433 e. The standard InChI is InChI=1S/C18H14Cl2F2N2O3/c19-12-3-1-2-4-14(12)24-9-10(7-16(24)25)17(26)23-11-5-6-15(13(20)8-11)27-18(21)22/h1-6,8,10,18H,7,9H2,(H,23,26). The van der Waals surface area contributed by atoms with Gasteiger partial charge in [0.2, 0.25) is 11.8 Å². The summed E-state index contributed by atoms with van der Waals surface area (Å²) in [4.78, 5) is 26.2. The number of nitrogens with zero attached hydrogens (tertiary/aromatic N) is 1. The Kier molecular flexibility index (Phi) is 5.82. The predicted molar refractivity (Wildman–Crippen MR) is 98.6 cm³/mol. The van der Waals surface area contributed by atoms with E-state index in [1.807, 2.05) is 0 Å². The average Bonchev–Trinajstić information content (AvgIpc) is 2.99. The first-order chi connectivity index (χ1) is 12.8. The lowest BCUT2D eigenvalue weighted by atomic mass is 10.1. The van der Waals surface area contributed by atoms with E-state index in [1.54, 1.807) is 24.3 Å². The maximum absolute atomic E-state index is 12.5. The highest BCUT2D eigenvalue weighted by Crippen LogP contribution is 2.32. The van der Waals surface area contributed by atoms with E-state index in [0.29, 0.717) is 16.4 Å². The molecule has 1 N–H and O–H groups in total. The topological polar surface area (TPSA) is 58.6 Å². The smallest absolute Gasteiger partial charge is 0.387 e. The fourth-order valence-electron chi connectivity index (χ4n) is 2.80. The number of benzene rings is 2. The third-order valence-electron chi connectivity index (χ3n) is 4.05. The van der Waals surface area contributed by atoms with Gasteiger partial charge in [-0.2, -0.15) is 8.78 Å². The van der Waals surface area contributed by atoms with Crippen LogP contribution in [0.25, 0.3) is 0 Å². The fourth-order valence-corrected chi connectivity index (χ4v) is 3.26. The maximum atomic E-state index is 12.5. The normalized spacial score (nSPS) is 16.7. The van der Waals surface area contributed by atoms with E-state index in [1.165, 1.54) is 23.1 Å². The highest BCUT2D eigenvalue weighted by molar-refractivity contribution is 6.34. The number of hydrogen-bond acceptors (Lipinski definition) is 3. The van der Waals surface area contributed by atoms with Gasteiger partial charge in [-0.1, -0.05) is 35.3 Å². The molecule has 2 amide bonds. The van der Waals surface area contributed by atoms with E-state index in [4.69, 9.17) is 23.2 Å². The van der Waals surface area contributed by atoms with Crippen LogP contribution in [-0.2, 0) is 9.59 Å². The zero-order valence-electron chi connectivity index (χ0n) is 13.8. The number of anilines is 2. The van der Waals surface area contributed by atoms with E-state index in [9.17, 15) is 18.4 Å². The Hall–Kier alpha value is -2.38. The molecular weight excluding hydrogens is 401 g/mol. The molecule has 9 heteroatoms. The van der Waals surface area contributed by atoms with Crippen LogP contribution in [0.3, 0.4) is 0 Å². The van der Waals surface area contributed by atoms with Crippen molar-refractivity contribution in [3.63, 3.8) is 0 Å². The zero-order valence-corrected chi connectivity index (χ0v) is 15.3. The number of ether oxygens (including phenoxy) is 1. The number of amides is 2. The molecule has 1 saturated heterocycles. The van der Waals surface area contributed by atoms with Gasteiger partial charge in [0.25, 0.3) is 0 Å². The number of hydrogen-bond donors (Lipinski definition) is 1. The highest BCUT2D eigenvalue weighted by atomic mass is 35.5. The summed E-state index contributed by atoms with van der Waals surface area (Å²) < 4.78 is 28.8. The summed E-state index contributed by atoms with van der Waals surface area (Å²) in [7, 11) is 0. The molecule has 1 aliphatic heterocycles. The number of carbonyl (C=O) groups is 2. The molecule has 0 aromatic heterocycles. The van der Waals surface area contributed by atoms with Gasteiger partial charge in [-0.15, -0.1) is 0 Å².